The summed E-state index contributed by atoms with van der Waals surface area (Å²) < 4.78 is 3.16. The molecule has 2 aromatic carbocycles. The summed E-state index contributed by atoms with van der Waals surface area (Å²) in [7, 11) is 0. The number of rotatable bonds is 4. The number of benzene rings is 2. The third-order valence-electron chi connectivity index (χ3n) is 3.95. The van der Waals surface area contributed by atoms with Crippen LogP contribution in [0.25, 0.3) is 22.3 Å². The van der Waals surface area contributed by atoms with Gasteiger partial charge in [0, 0.05) is 21.0 Å². The predicted molar refractivity (Wildman–Crippen MR) is 106 cm³/mol. The van der Waals surface area contributed by atoms with Gasteiger partial charge in [0.05, 0.1) is 12.3 Å². The molecule has 3 nitrogen and oxygen atoms in total. The second kappa shape index (κ2) is 7.04. The predicted octanol–water partition coefficient (Wildman–Crippen LogP) is 5.51. The van der Waals surface area contributed by atoms with E-state index in [1.165, 1.54) is 0 Å². The smallest absolute Gasteiger partial charge is 0.151 e. The van der Waals surface area contributed by atoms with Gasteiger partial charge in [0.2, 0.25) is 0 Å². The molecule has 0 aliphatic carbocycles. The summed E-state index contributed by atoms with van der Waals surface area (Å²) in [4.78, 5) is 5.73. The summed E-state index contributed by atoms with van der Waals surface area (Å²) in [6.45, 7) is 0.0296. The summed E-state index contributed by atoms with van der Waals surface area (Å²) in [5.41, 5.74) is 3.91. The molecule has 1 N–H and O–H groups in total. The number of aliphatic hydroxyl groups is 1. The maximum absolute atomic E-state index is 9.47. The third-order valence-corrected chi connectivity index (χ3v) is 5.68. The van der Waals surface area contributed by atoms with E-state index < -0.39 is 0 Å². The van der Waals surface area contributed by atoms with Crippen LogP contribution >= 0.6 is 27.9 Å². The normalized spacial score (nSPS) is 11.1. The highest BCUT2D eigenvalue weighted by Gasteiger charge is 2.15. The molecule has 0 amide bonds. The van der Waals surface area contributed by atoms with Gasteiger partial charge in [0.25, 0.3) is 0 Å². The molecule has 0 saturated carbocycles. The Kier molecular flexibility index (Phi) is 4.61. The largest absolute Gasteiger partial charge is 0.392 e. The van der Waals surface area contributed by atoms with Gasteiger partial charge in [-0.1, -0.05) is 36.4 Å². The molecule has 124 valence electrons. The second-order valence-electron chi connectivity index (χ2n) is 5.62. The molecule has 0 fully saturated rings. The van der Waals surface area contributed by atoms with Crippen molar-refractivity contribution in [2.24, 2.45) is 0 Å². The standard InChI is InChI=1S/C20H15BrN2OS/c21-18-9-10-22-20-17(18)12-19(15-6-4-5-14(11-15)13-24)23(20)25-16-7-2-1-3-8-16/h1-12,24H,13H2. The number of hydrogen-bond acceptors (Lipinski definition) is 3. The van der Waals surface area contributed by atoms with Crippen LogP contribution in [0.4, 0.5) is 0 Å². The minimum absolute atomic E-state index is 0.0296. The van der Waals surface area contributed by atoms with Crippen LogP contribution in [-0.4, -0.2) is 14.1 Å². The van der Waals surface area contributed by atoms with Gasteiger partial charge in [-0.05, 0) is 69.3 Å². The van der Waals surface area contributed by atoms with Gasteiger partial charge < -0.3 is 5.11 Å². The highest BCUT2D eigenvalue weighted by atomic mass is 79.9. The van der Waals surface area contributed by atoms with E-state index in [1.807, 2.05) is 48.7 Å². The van der Waals surface area contributed by atoms with Gasteiger partial charge in [0.1, 0.15) is 0 Å². The molecule has 0 unspecified atom stereocenters. The molecule has 2 aromatic heterocycles. The summed E-state index contributed by atoms with van der Waals surface area (Å²) in [6.07, 6.45) is 1.81. The van der Waals surface area contributed by atoms with Crippen LogP contribution in [0.1, 0.15) is 5.56 Å². The van der Waals surface area contributed by atoms with E-state index in [2.05, 4.69) is 49.2 Å². The van der Waals surface area contributed by atoms with Crippen LogP contribution in [0.3, 0.4) is 0 Å². The van der Waals surface area contributed by atoms with E-state index in [0.29, 0.717) is 0 Å². The molecule has 0 atom stereocenters. The first-order chi connectivity index (χ1) is 12.3. The number of aliphatic hydroxyl groups excluding tert-OH is 1. The van der Waals surface area contributed by atoms with E-state index in [0.717, 1.165) is 37.2 Å². The maximum atomic E-state index is 9.47. The molecule has 5 heteroatoms. The van der Waals surface area contributed by atoms with Crippen molar-refractivity contribution in [2.45, 2.75) is 11.5 Å². The van der Waals surface area contributed by atoms with Gasteiger partial charge in [-0.25, -0.2) is 4.98 Å². The molecule has 0 spiro atoms. The monoisotopic (exact) mass is 410 g/mol. The van der Waals surface area contributed by atoms with E-state index >= 15 is 0 Å². The van der Waals surface area contributed by atoms with Crippen molar-refractivity contribution in [1.82, 2.24) is 8.96 Å². The first kappa shape index (κ1) is 16.4. The molecular weight excluding hydrogens is 396 g/mol. The van der Waals surface area contributed by atoms with Crippen molar-refractivity contribution < 1.29 is 5.11 Å². The first-order valence-electron chi connectivity index (χ1n) is 7.86. The Hall–Kier alpha value is -2.08. The minimum Gasteiger partial charge on any atom is -0.392 e. The molecule has 2 heterocycles. The van der Waals surface area contributed by atoms with Crippen LogP contribution in [-0.2, 0) is 6.61 Å². The quantitative estimate of drug-likeness (QED) is 0.481. The Labute approximate surface area is 158 Å². The highest BCUT2D eigenvalue weighted by Crippen LogP contribution is 2.37. The summed E-state index contributed by atoms with van der Waals surface area (Å²) in [5, 5.41) is 10.5. The molecule has 4 rings (SSSR count). The average molecular weight is 411 g/mol. The number of fused-ring (bicyclic) bond motifs is 1. The Balaban J connectivity index is 1.93. The molecule has 0 aliphatic heterocycles. The molecule has 0 aliphatic rings. The van der Waals surface area contributed by atoms with Crippen molar-refractivity contribution in [1.29, 1.82) is 0 Å². The van der Waals surface area contributed by atoms with Crippen molar-refractivity contribution in [2.75, 3.05) is 0 Å². The Morgan fingerprint density at radius 3 is 2.64 bits per heavy atom. The Morgan fingerprint density at radius 1 is 1.00 bits per heavy atom. The van der Waals surface area contributed by atoms with E-state index in [4.69, 9.17) is 0 Å². The number of halogens is 1. The zero-order valence-electron chi connectivity index (χ0n) is 13.3. The maximum Gasteiger partial charge on any atom is 0.151 e. The van der Waals surface area contributed by atoms with Gasteiger partial charge in [-0.2, -0.15) is 0 Å². The van der Waals surface area contributed by atoms with E-state index in [9.17, 15) is 5.11 Å². The highest BCUT2D eigenvalue weighted by molar-refractivity contribution is 9.10. The third kappa shape index (κ3) is 3.23. The fraction of sp³-hybridized carbons (Fsp3) is 0.0500. The number of nitrogens with zero attached hydrogens (tertiary/aromatic N) is 2. The van der Waals surface area contributed by atoms with Crippen LogP contribution in [0.15, 0.2) is 82.3 Å². The van der Waals surface area contributed by atoms with Crippen molar-refractivity contribution in [3.8, 4) is 11.3 Å². The van der Waals surface area contributed by atoms with E-state index in [1.54, 1.807) is 11.9 Å². The van der Waals surface area contributed by atoms with Gasteiger partial charge in [-0.15, -0.1) is 0 Å². The lowest BCUT2D eigenvalue weighted by molar-refractivity contribution is 0.282. The van der Waals surface area contributed by atoms with Crippen molar-refractivity contribution in [3.05, 3.63) is 83.0 Å². The number of pyridine rings is 1. The molecule has 0 radical (unpaired) electrons. The molecule has 25 heavy (non-hydrogen) atoms. The second-order valence-corrected chi connectivity index (χ2v) is 7.49. The fourth-order valence-corrected chi connectivity index (χ4v) is 4.14. The average Bonchev–Trinajstić information content (AvgIpc) is 3.03. The van der Waals surface area contributed by atoms with Crippen LogP contribution in [0.5, 0.6) is 0 Å². The zero-order chi connectivity index (χ0) is 17.2. The fourth-order valence-electron chi connectivity index (χ4n) is 2.75. The molecule has 0 saturated heterocycles. The molecular formula is C20H15BrN2OS. The summed E-state index contributed by atoms with van der Waals surface area (Å²) >= 11 is 5.27. The molecule has 4 aromatic rings. The topological polar surface area (TPSA) is 38.1 Å². The van der Waals surface area contributed by atoms with Crippen molar-refractivity contribution >= 4 is 38.9 Å². The lowest BCUT2D eigenvalue weighted by atomic mass is 10.1. The van der Waals surface area contributed by atoms with Crippen LogP contribution in [0, 0.1) is 0 Å². The van der Waals surface area contributed by atoms with Crippen LogP contribution < -0.4 is 0 Å². The lowest BCUT2D eigenvalue weighted by Gasteiger charge is -2.10. The molecule has 0 bridgehead atoms. The van der Waals surface area contributed by atoms with E-state index in [-0.39, 0.29) is 6.61 Å². The lowest BCUT2D eigenvalue weighted by Crippen LogP contribution is -1.93. The minimum atomic E-state index is 0.0296. The Bertz CT molecular complexity index is 1030. The SMILES string of the molecule is OCc1cccc(-c2cc3c(Br)ccnc3n2Sc2ccccc2)c1. The zero-order valence-corrected chi connectivity index (χ0v) is 15.7. The van der Waals surface area contributed by atoms with Gasteiger partial charge in [0.15, 0.2) is 5.65 Å². The Morgan fingerprint density at radius 2 is 1.84 bits per heavy atom. The summed E-state index contributed by atoms with van der Waals surface area (Å²) in [6, 6.07) is 22.3. The van der Waals surface area contributed by atoms with Crippen LogP contribution in [0.2, 0.25) is 0 Å². The van der Waals surface area contributed by atoms with Gasteiger partial charge >= 0.3 is 0 Å². The number of aromatic nitrogens is 2. The van der Waals surface area contributed by atoms with Gasteiger partial charge in [-0.3, -0.25) is 3.97 Å². The number of hydrogen-bond donors (Lipinski definition) is 1. The van der Waals surface area contributed by atoms with Crippen molar-refractivity contribution in [3.63, 3.8) is 0 Å². The summed E-state index contributed by atoms with van der Waals surface area (Å²) in [5.74, 6) is 0. The first-order valence-corrected chi connectivity index (χ1v) is 9.42.